The molecule has 2 aromatic rings. The van der Waals surface area contributed by atoms with Gasteiger partial charge in [-0.2, -0.15) is 0 Å². The molecule has 0 unspecified atom stereocenters. The van der Waals surface area contributed by atoms with Gasteiger partial charge in [0.2, 0.25) is 11.8 Å². The first kappa shape index (κ1) is 19.8. The number of hydrogen-bond acceptors (Lipinski definition) is 6. The fourth-order valence-electron chi connectivity index (χ4n) is 3.48. The van der Waals surface area contributed by atoms with Crippen molar-refractivity contribution in [2.75, 3.05) is 39.8 Å². The number of piperazine rings is 1. The second-order valence-electron chi connectivity index (χ2n) is 7.78. The van der Waals surface area contributed by atoms with Crippen LogP contribution in [-0.2, 0) is 12.8 Å². The SMILES string of the molecule is COc1ccc(CCN2CCN([C@@H](C)c3nnc(CC(C)C)o3)CC2)cc1. The molecule has 1 aliphatic rings. The van der Waals surface area contributed by atoms with E-state index >= 15 is 0 Å². The first-order valence-corrected chi connectivity index (χ1v) is 9.96. The minimum atomic E-state index is 0.183. The molecule has 0 aliphatic carbocycles. The third kappa shape index (κ3) is 5.53. The average molecular weight is 373 g/mol. The van der Waals surface area contributed by atoms with Gasteiger partial charge in [0.25, 0.3) is 0 Å². The molecular formula is C21H32N4O2. The molecule has 0 bridgehead atoms. The van der Waals surface area contributed by atoms with Gasteiger partial charge in [-0.05, 0) is 37.0 Å². The van der Waals surface area contributed by atoms with Gasteiger partial charge in [0.1, 0.15) is 5.75 Å². The van der Waals surface area contributed by atoms with Crippen molar-refractivity contribution in [1.29, 1.82) is 0 Å². The van der Waals surface area contributed by atoms with E-state index in [1.807, 2.05) is 12.1 Å². The van der Waals surface area contributed by atoms with Gasteiger partial charge in [0.05, 0.1) is 13.2 Å². The summed E-state index contributed by atoms with van der Waals surface area (Å²) in [5.41, 5.74) is 1.36. The Hall–Kier alpha value is -1.92. The van der Waals surface area contributed by atoms with E-state index in [1.54, 1.807) is 7.11 Å². The number of benzene rings is 1. The van der Waals surface area contributed by atoms with Gasteiger partial charge in [0, 0.05) is 39.1 Å². The van der Waals surface area contributed by atoms with E-state index in [0.29, 0.717) is 5.92 Å². The highest BCUT2D eigenvalue weighted by atomic mass is 16.5. The molecule has 0 amide bonds. The summed E-state index contributed by atoms with van der Waals surface area (Å²) in [6.07, 6.45) is 1.92. The van der Waals surface area contributed by atoms with Crippen LogP contribution in [0.25, 0.3) is 0 Å². The van der Waals surface area contributed by atoms with E-state index < -0.39 is 0 Å². The molecule has 0 radical (unpaired) electrons. The minimum Gasteiger partial charge on any atom is -0.497 e. The fraction of sp³-hybridized carbons (Fsp3) is 0.619. The second kappa shape index (κ2) is 9.33. The normalized spacial score (nSPS) is 17.4. The number of rotatable bonds is 8. The predicted octanol–water partition coefficient (Wildman–Crippen LogP) is 3.20. The summed E-state index contributed by atoms with van der Waals surface area (Å²) in [7, 11) is 1.70. The lowest BCUT2D eigenvalue weighted by atomic mass is 10.1. The number of nitrogens with zero attached hydrogens (tertiary/aromatic N) is 4. The summed E-state index contributed by atoms with van der Waals surface area (Å²) in [6.45, 7) is 11.8. The minimum absolute atomic E-state index is 0.183. The molecule has 148 valence electrons. The van der Waals surface area contributed by atoms with E-state index in [4.69, 9.17) is 9.15 Å². The van der Waals surface area contributed by atoms with Gasteiger partial charge in [-0.15, -0.1) is 10.2 Å². The third-order valence-electron chi connectivity index (χ3n) is 5.25. The van der Waals surface area contributed by atoms with E-state index in [1.165, 1.54) is 5.56 Å². The summed E-state index contributed by atoms with van der Waals surface area (Å²) < 4.78 is 11.1. The zero-order valence-electron chi connectivity index (χ0n) is 17.0. The first-order chi connectivity index (χ1) is 13.0. The molecule has 1 atom stereocenters. The fourth-order valence-corrected chi connectivity index (χ4v) is 3.48. The monoisotopic (exact) mass is 372 g/mol. The van der Waals surface area contributed by atoms with Crippen LogP contribution in [0.1, 0.15) is 44.2 Å². The maximum atomic E-state index is 5.87. The molecule has 6 heteroatoms. The van der Waals surface area contributed by atoms with Gasteiger partial charge in [0.15, 0.2) is 0 Å². The Balaban J connectivity index is 1.44. The average Bonchev–Trinajstić information content (AvgIpc) is 3.14. The molecule has 27 heavy (non-hydrogen) atoms. The van der Waals surface area contributed by atoms with Crippen LogP contribution in [-0.4, -0.2) is 59.8 Å². The molecule has 1 aliphatic heterocycles. The maximum absolute atomic E-state index is 5.87. The lowest BCUT2D eigenvalue weighted by molar-refractivity contribution is 0.0914. The number of aromatic nitrogens is 2. The summed E-state index contributed by atoms with van der Waals surface area (Å²) in [4.78, 5) is 4.97. The highest BCUT2D eigenvalue weighted by Crippen LogP contribution is 2.21. The van der Waals surface area contributed by atoms with Crippen LogP contribution in [0.3, 0.4) is 0 Å². The van der Waals surface area contributed by atoms with Gasteiger partial charge < -0.3 is 14.1 Å². The van der Waals surface area contributed by atoms with Crippen LogP contribution in [0, 0.1) is 5.92 Å². The van der Waals surface area contributed by atoms with E-state index in [-0.39, 0.29) is 6.04 Å². The lowest BCUT2D eigenvalue weighted by Crippen LogP contribution is -2.47. The zero-order valence-corrected chi connectivity index (χ0v) is 17.0. The third-order valence-corrected chi connectivity index (χ3v) is 5.25. The highest BCUT2D eigenvalue weighted by Gasteiger charge is 2.25. The Bertz CT molecular complexity index is 690. The van der Waals surface area contributed by atoms with Gasteiger partial charge in [-0.3, -0.25) is 4.90 Å². The topological polar surface area (TPSA) is 54.6 Å². The second-order valence-corrected chi connectivity index (χ2v) is 7.78. The quantitative estimate of drug-likeness (QED) is 0.709. The van der Waals surface area contributed by atoms with Crippen molar-refractivity contribution in [3.05, 3.63) is 41.6 Å². The zero-order chi connectivity index (χ0) is 19.2. The molecule has 0 spiro atoms. The van der Waals surface area contributed by atoms with E-state index in [2.05, 4.69) is 52.9 Å². The summed E-state index contributed by atoms with van der Waals surface area (Å²) >= 11 is 0. The molecule has 1 aromatic carbocycles. The highest BCUT2D eigenvalue weighted by molar-refractivity contribution is 5.27. The molecule has 6 nitrogen and oxygen atoms in total. The Morgan fingerprint density at radius 1 is 1.04 bits per heavy atom. The Morgan fingerprint density at radius 2 is 1.74 bits per heavy atom. The van der Waals surface area contributed by atoms with Crippen LogP contribution < -0.4 is 4.74 Å². The van der Waals surface area contributed by atoms with Gasteiger partial charge in [-0.1, -0.05) is 26.0 Å². The molecule has 1 fully saturated rings. The smallest absolute Gasteiger partial charge is 0.233 e. The summed E-state index contributed by atoms with van der Waals surface area (Å²) in [5, 5.41) is 8.47. The van der Waals surface area contributed by atoms with Gasteiger partial charge >= 0.3 is 0 Å². The van der Waals surface area contributed by atoms with Crippen LogP contribution in [0.5, 0.6) is 5.75 Å². The van der Waals surface area contributed by atoms with Crippen molar-refractivity contribution in [3.8, 4) is 5.75 Å². The molecule has 1 saturated heterocycles. The van der Waals surface area contributed by atoms with Crippen LogP contribution in [0.2, 0.25) is 0 Å². The van der Waals surface area contributed by atoms with Crippen LogP contribution in [0.4, 0.5) is 0 Å². The van der Waals surface area contributed by atoms with Crippen molar-refractivity contribution in [3.63, 3.8) is 0 Å². The number of methoxy groups -OCH3 is 1. The van der Waals surface area contributed by atoms with Crippen molar-refractivity contribution in [1.82, 2.24) is 20.0 Å². The van der Waals surface area contributed by atoms with Gasteiger partial charge in [-0.25, -0.2) is 0 Å². The maximum Gasteiger partial charge on any atom is 0.233 e. The molecule has 2 heterocycles. The van der Waals surface area contributed by atoms with Crippen molar-refractivity contribution >= 4 is 0 Å². The van der Waals surface area contributed by atoms with Crippen molar-refractivity contribution in [2.24, 2.45) is 5.92 Å². The predicted molar refractivity (Wildman–Crippen MR) is 106 cm³/mol. The largest absolute Gasteiger partial charge is 0.497 e. The standard InChI is InChI=1S/C21H32N4O2/c1-16(2)15-20-22-23-21(27-20)17(3)25-13-11-24(12-14-25)10-9-18-5-7-19(26-4)8-6-18/h5-8,16-17H,9-15H2,1-4H3/t17-/m0/s1. The Kier molecular flexibility index (Phi) is 6.85. The molecule has 0 N–H and O–H groups in total. The van der Waals surface area contributed by atoms with E-state index in [0.717, 1.165) is 63.1 Å². The van der Waals surface area contributed by atoms with E-state index in [9.17, 15) is 0 Å². The number of ether oxygens (including phenoxy) is 1. The van der Waals surface area contributed by atoms with Crippen molar-refractivity contribution < 1.29 is 9.15 Å². The molecule has 1 aromatic heterocycles. The molecule has 3 rings (SSSR count). The Morgan fingerprint density at radius 3 is 2.37 bits per heavy atom. The van der Waals surface area contributed by atoms with Crippen molar-refractivity contribution in [2.45, 2.75) is 39.7 Å². The molecular weight excluding hydrogens is 340 g/mol. The summed E-state index contributed by atoms with van der Waals surface area (Å²) in [6, 6.07) is 8.56. The van der Waals surface area contributed by atoms with Crippen LogP contribution >= 0.6 is 0 Å². The Labute approximate surface area is 162 Å². The number of hydrogen-bond donors (Lipinski definition) is 0. The molecule has 0 saturated carbocycles. The first-order valence-electron chi connectivity index (χ1n) is 9.96. The summed E-state index contributed by atoms with van der Waals surface area (Å²) in [5.74, 6) is 2.95. The lowest BCUT2D eigenvalue weighted by Gasteiger charge is -2.36. The van der Waals surface area contributed by atoms with Crippen LogP contribution in [0.15, 0.2) is 28.7 Å².